The van der Waals surface area contributed by atoms with E-state index in [-0.39, 0.29) is 19.1 Å². The normalized spacial score (nSPS) is 13.4. The number of hydrogen-bond acceptors (Lipinski definition) is 3. The Labute approximate surface area is 134 Å². The molecule has 2 aromatic rings. The molecule has 1 unspecified atom stereocenters. The maximum atomic E-state index is 13.6. The smallest absolute Gasteiger partial charge is 0.251 e. The summed E-state index contributed by atoms with van der Waals surface area (Å²) in [5, 5.41) is 13.1. The summed E-state index contributed by atoms with van der Waals surface area (Å²) in [6, 6.07) is 13.2. The summed E-state index contributed by atoms with van der Waals surface area (Å²) < 4.78 is 18.5. The van der Waals surface area contributed by atoms with E-state index in [1.54, 1.807) is 19.1 Å². The van der Waals surface area contributed by atoms with Crippen LogP contribution in [0, 0.1) is 5.82 Å². The minimum absolute atomic E-state index is 0.0484. The zero-order valence-corrected chi connectivity index (χ0v) is 13.2. The van der Waals surface area contributed by atoms with Crippen molar-refractivity contribution in [2.45, 2.75) is 19.1 Å². The van der Waals surface area contributed by atoms with Gasteiger partial charge in [-0.25, -0.2) is 4.39 Å². The Morgan fingerprint density at radius 3 is 2.61 bits per heavy atom. The van der Waals surface area contributed by atoms with Crippen molar-refractivity contribution in [2.24, 2.45) is 0 Å². The molecule has 0 aromatic heterocycles. The maximum Gasteiger partial charge on any atom is 0.251 e. The van der Waals surface area contributed by atoms with Gasteiger partial charge >= 0.3 is 0 Å². The minimum atomic E-state index is -1.19. The molecule has 1 amide bonds. The van der Waals surface area contributed by atoms with Crippen LogP contribution in [0.2, 0.25) is 0 Å². The Kier molecular flexibility index (Phi) is 5.47. The van der Waals surface area contributed by atoms with Gasteiger partial charge in [0.05, 0.1) is 13.2 Å². The molecule has 122 valence electrons. The van der Waals surface area contributed by atoms with Gasteiger partial charge < -0.3 is 15.2 Å². The minimum Gasteiger partial charge on any atom is -0.384 e. The van der Waals surface area contributed by atoms with E-state index in [2.05, 4.69) is 5.32 Å². The zero-order chi connectivity index (χ0) is 16.9. The molecule has 0 radical (unpaired) electrons. The molecule has 0 spiro atoms. The van der Waals surface area contributed by atoms with Gasteiger partial charge in [0.15, 0.2) is 0 Å². The van der Waals surface area contributed by atoms with Gasteiger partial charge in [-0.2, -0.15) is 0 Å². The van der Waals surface area contributed by atoms with E-state index in [1.165, 1.54) is 25.3 Å². The summed E-state index contributed by atoms with van der Waals surface area (Å²) in [5.74, 6) is -0.793. The number of amides is 1. The summed E-state index contributed by atoms with van der Waals surface area (Å²) in [7, 11) is 1.46. The summed E-state index contributed by atoms with van der Waals surface area (Å²) >= 11 is 0. The highest BCUT2D eigenvalue weighted by atomic mass is 19.1. The van der Waals surface area contributed by atoms with Crippen molar-refractivity contribution < 1.29 is 19.0 Å². The van der Waals surface area contributed by atoms with Crippen molar-refractivity contribution in [3.05, 3.63) is 71.0 Å². The lowest BCUT2D eigenvalue weighted by atomic mass is 9.96. The Bertz CT molecular complexity index is 671. The predicted octanol–water partition coefficient (Wildman–Crippen LogP) is 2.61. The zero-order valence-electron chi connectivity index (χ0n) is 13.2. The quantitative estimate of drug-likeness (QED) is 0.861. The Balaban J connectivity index is 2.06. The van der Waals surface area contributed by atoms with E-state index < -0.39 is 11.4 Å². The SMILES string of the molecule is COCc1cc(C(=O)NCC(C)(O)c2ccccc2)ccc1F. The molecular weight excluding hydrogens is 297 g/mol. The highest BCUT2D eigenvalue weighted by Gasteiger charge is 2.23. The van der Waals surface area contributed by atoms with E-state index in [9.17, 15) is 14.3 Å². The van der Waals surface area contributed by atoms with Crippen LogP contribution in [-0.2, 0) is 16.9 Å². The number of nitrogens with one attached hydrogen (secondary N) is 1. The van der Waals surface area contributed by atoms with Gasteiger partial charge in [0, 0.05) is 18.2 Å². The third kappa shape index (κ3) is 4.37. The first kappa shape index (κ1) is 17.1. The Morgan fingerprint density at radius 2 is 1.96 bits per heavy atom. The molecule has 0 bridgehead atoms. The van der Waals surface area contributed by atoms with Crippen LogP contribution in [0.15, 0.2) is 48.5 Å². The third-order valence-corrected chi connectivity index (χ3v) is 3.60. The molecule has 0 fully saturated rings. The van der Waals surface area contributed by atoms with Crippen LogP contribution in [0.25, 0.3) is 0 Å². The average Bonchev–Trinajstić information content (AvgIpc) is 2.56. The predicted molar refractivity (Wildman–Crippen MR) is 85.5 cm³/mol. The summed E-state index contributed by atoms with van der Waals surface area (Å²) in [6.45, 7) is 1.77. The number of hydrogen-bond donors (Lipinski definition) is 2. The van der Waals surface area contributed by atoms with Crippen LogP contribution in [0.5, 0.6) is 0 Å². The number of aliphatic hydroxyl groups is 1. The third-order valence-electron chi connectivity index (χ3n) is 3.60. The fourth-order valence-corrected chi connectivity index (χ4v) is 2.24. The van der Waals surface area contributed by atoms with Crippen LogP contribution in [0.1, 0.15) is 28.4 Å². The van der Waals surface area contributed by atoms with E-state index in [0.29, 0.717) is 16.7 Å². The molecule has 4 nitrogen and oxygen atoms in total. The number of carbonyl (C=O) groups excluding carboxylic acids is 1. The second-order valence-electron chi connectivity index (χ2n) is 5.56. The summed E-state index contributed by atoms with van der Waals surface area (Å²) in [5.41, 5.74) is 0.156. The van der Waals surface area contributed by atoms with Crippen molar-refractivity contribution in [3.63, 3.8) is 0 Å². The van der Waals surface area contributed by atoms with E-state index in [0.717, 1.165) is 0 Å². The van der Waals surface area contributed by atoms with Gasteiger partial charge in [-0.3, -0.25) is 4.79 Å². The monoisotopic (exact) mass is 317 g/mol. The van der Waals surface area contributed by atoms with Crippen molar-refractivity contribution in [1.82, 2.24) is 5.32 Å². The largest absolute Gasteiger partial charge is 0.384 e. The van der Waals surface area contributed by atoms with Crippen LogP contribution >= 0.6 is 0 Å². The fourth-order valence-electron chi connectivity index (χ4n) is 2.24. The van der Waals surface area contributed by atoms with Gasteiger partial charge in [0.1, 0.15) is 11.4 Å². The maximum absolute atomic E-state index is 13.6. The van der Waals surface area contributed by atoms with Crippen LogP contribution < -0.4 is 5.32 Å². The molecule has 0 aliphatic carbocycles. The number of carbonyl (C=O) groups is 1. The number of halogens is 1. The molecule has 0 aliphatic heterocycles. The fraction of sp³-hybridized carbons (Fsp3) is 0.278. The van der Waals surface area contributed by atoms with Gasteiger partial charge in [0.2, 0.25) is 0 Å². The highest BCUT2D eigenvalue weighted by molar-refractivity contribution is 5.94. The molecular formula is C18H20FNO3. The second-order valence-corrected chi connectivity index (χ2v) is 5.56. The first-order valence-electron chi connectivity index (χ1n) is 7.27. The summed E-state index contributed by atoms with van der Waals surface area (Å²) in [6.07, 6.45) is 0. The molecule has 0 saturated carbocycles. The van der Waals surface area contributed by atoms with Crippen molar-refractivity contribution in [2.75, 3.05) is 13.7 Å². The number of rotatable bonds is 6. The van der Waals surface area contributed by atoms with Crippen molar-refractivity contribution in [1.29, 1.82) is 0 Å². The van der Waals surface area contributed by atoms with E-state index in [1.807, 2.05) is 18.2 Å². The van der Waals surface area contributed by atoms with Gasteiger partial charge in [-0.05, 0) is 30.7 Å². The average molecular weight is 317 g/mol. The summed E-state index contributed by atoms with van der Waals surface area (Å²) in [4.78, 5) is 12.2. The van der Waals surface area contributed by atoms with Gasteiger partial charge in [-0.15, -0.1) is 0 Å². The highest BCUT2D eigenvalue weighted by Crippen LogP contribution is 2.19. The lowest BCUT2D eigenvalue weighted by Gasteiger charge is -2.24. The molecule has 2 rings (SSSR count). The number of ether oxygens (including phenoxy) is 1. The lowest BCUT2D eigenvalue weighted by Crippen LogP contribution is -2.38. The molecule has 1 atom stereocenters. The first-order chi connectivity index (χ1) is 10.9. The molecule has 0 saturated heterocycles. The van der Waals surface area contributed by atoms with Gasteiger partial charge in [-0.1, -0.05) is 30.3 Å². The second kappa shape index (κ2) is 7.35. The molecule has 5 heteroatoms. The molecule has 2 N–H and O–H groups in total. The number of benzene rings is 2. The first-order valence-corrected chi connectivity index (χ1v) is 7.27. The standard InChI is InChI=1S/C18H20FNO3/c1-18(22,15-6-4-3-5-7-15)12-20-17(21)13-8-9-16(19)14(10-13)11-23-2/h3-10,22H,11-12H2,1-2H3,(H,20,21). The van der Waals surface area contributed by atoms with E-state index >= 15 is 0 Å². The molecule has 2 aromatic carbocycles. The van der Waals surface area contributed by atoms with Gasteiger partial charge in [0.25, 0.3) is 5.91 Å². The van der Waals surface area contributed by atoms with Crippen LogP contribution in [-0.4, -0.2) is 24.7 Å². The molecule has 0 heterocycles. The Morgan fingerprint density at radius 1 is 1.26 bits per heavy atom. The molecule has 0 aliphatic rings. The molecule has 23 heavy (non-hydrogen) atoms. The van der Waals surface area contributed by atoms with Crippen LogP contribution in [0.3, 0.4) is 0 Å². The topological polar surface area (TPSA) is 58.6 Å². The van der Waals surface area contributed by atoms with Crippen molar-refractivity contribution in [3.8, 4) is 0 Å². The van der Waals surface area contributed by atoms with E-state index in [4.69, 9.17) is 4.74 Å². The van der Waals surface area contributed by atoms with Crippen LogP contribution in [0.4, 0.5) is 4.39 Å². The number of methoxy groups -OCH3 is 1. The lowest BCUT2D eigenvalue weighted by molar-refractivity contribution is 0.0526. The van der Waals surface area contributed by atoms with Crippen molar-refractivity contribution >= 4 is 5.91 Å². The Hall–Kier alpha value is -2.24.